The number of amides is 1. The van der Waals surface area contributed by atoms with Crippen LogP contribution in [0.2, 0.25) is 0 Å². The van der Waals surface area contributed by atoms with Gasteiger partial charge in [-0.15, -0.1) is 0 Å². The molecule has 0 spiro atoms. The number of sulfonamides is 1. The number of Topliss-reactive ketones (excluding diaryl/α,β-unsaturated/α-hetero) is 1. The zero-order chi connectivity index (χ0) is 16.6. The molecule has 23 heavy (non-hydrogen) atoms. The van der Waals surface area contributed by atoms with Gasteiger partial charge in [0.05, 0.1) is 17.4 Å². The molecule has 1 amide bonds. The van der Waals surface area contributed by atoms with Gasteiger partial charge < -0.3 is 0 Å². The largest absolute Gasteiger partial charge is 0.304 e. The fourth-order valence-electron chi connectivity index (χ4n) is 2.59. The van der Waals surface area contributed by atoms with E-state index in [-0.39, 0.29) is 11.4 Å². The predicted octanol–water partition coefficient (Wildman–Crippen LogP) is 1.88. The van der Waals surface area contributed by atoms with Crippen LogP contribution in [0.4, 0.5) is 0 Å². The number of benzene rings is 2. The summed E-state index contributed by atoms with van der Waals surface area (Å²) in [4.78, 5) is 24.4. The van der Waals surface area contributed by atoms with Crippen LogP contribution in [0, 0.1) is 6.92 Å². The van der Waals surface area contributed by atoms with E-state index in [1.54, 1.807) is 42.5 Å². The van der Waals surface area contributed by atoms with E-state index in [0.29, 0.717) is 9.87 Å². The summed E-state index contributed by atoms with van der Waals surface area (Å²) in [6, 6.07) is 14.9. The molecule has 0 radical (unpaired) electrons. The molecular formula is C17H15NO4S. The third-order valence-electron chi connectivity index (χ3n) is 3.91. The molecule has 1 aliphatic rings. The molecule has 0 saturated carbocycles. The maximum absolute atomic E-state index is 12.6. The molecule has 3 rings (SSSR count). The molecule has 1 aliphatic heterocycles. The van der Waals surface area contributed by atoms with Crippen molar-refractivity contribution in [3.63, 3.8) is 0 Å². The maximum atomic E-state index is 12.6. The van der Waals surface area contributed by atoms with Gasteiger partial charge in [-0.25, -0.2) is 12.7 Å². The molecule has 2 aromatic rings. The Bertz CT molecular complexity index is 857. The molecule has 118 valence electrons. The molecular weight excluding hydrogens is 314 g/mol. The molecule has 1 heterocycles. The van der Waals surface area contributed by atoms with E-state index in [4.69, 9.17) is 0 Å². The van der Waals surface area contributed by atoms with E-state index in [9.17, 15) is 18.0 Å². The van der Waals surface area contributed by atoms with E-state index in [1.165, 1.54) is 12.1 Å². The molecule has 1 saturated heterocycles. The minimum atomic E-state index is -4.02. The summed E-state index contributed by atoms with van der Waals surface area (Å²) in [6.45, 7) is 1.68. The van der Waals surface area contributed by atoms with Gasteiger partial charge in [0.2, 0.25) is 5.78 Å². The normalized spacial score (nSPS) is 18.5. The number of hydrogen-bond acceptors (Lipinski definition) is 4. The Labute approximate surface area is 134 Å². The van der Waals surface area contributed by atoms with Crippen LogP contribution < -0.4 is 0 Å². The standard InChI is InChI=1S/C17H15NO4S/c1-12-7-9-14(10-8-12)23(21,22)18-11-15(16(19)17(18)20)13-5-3-2-4-6-13/h2-10,15H,11H2,1H3/t15-/m0/s1. The first-order valence-electron chi connectivity index (χ1n) is 7.14. The second-order valence-electron chi connectivity index (χ2n) is 5.48. The molecule has 0 aliphatic carbocycles. The Morgan fingerprint density at radius 3 is 2.17 bits per heavy atom. The van der Waals surface area contributed by atoms with Gasteiger partial charge in [0.25, 0.3) is 10.0 Å². The van der Waals surface area contributed by atoms with Crippen molar-refractivity contribution < 1.29 is 18.0 Å². The lowest BCUT2D eigenvalue weighted by Crippen LogP contribution is -2.33. The first kappa shape index (κ1) is 15.4. The molecule has 1 fully saturated rings. The Morgan fingerprint density at radius 1 is 0.957 bits per heavy atom. The fourth-order valence-corrected chi connectivity index (χ4v) is 3.98. The van der Waals surface area contributed by atoms with Crippen LogP contribution in [0.5, 0.6) is 0 Å². The maximum Gasteiger partial charge on any atom is 0.304 e. The highest BCUT2D eigenvalue weighted by molar-refractivity contribution is 7.89. The number of rotatable bonds is 3. The number of carbonyl (C=O) groups excluding carboxylic acids is 2. The molecule has 0 aromatic heterocycles. The average molecular weight is 329 g/mol. The zero-order valence-electron chi connectivity index (χ0n) is 12.5. The summed E-state index contributed by atoms with van der Waals surface area (Å²) in [6.07, 6.45) is 0. The molecule has 0 unspecified atom stereocenters. The Kier molecular flexibility index (Phi) is 3.77. The number of nitrogens with zero attached hydrogens (tertiary/aromatic N) is 1. The minimum Gasteiger partial charge on any atom is -0.288 e. The average Bonchev–Trinajstić information content (AvgIpc) is 2.85. The molecule has 5 nitrogen and oxygen atoms in total. The van der Waals surface area contributed by atoms with Gasteiger partial charge in [0.1, 0.15) is 0 Å². The van der Waals surface area contributed by atoms with Crippen LogP contribution >= 0.6 is 0 Å². The monoisotopic (exact) mass is 329 g/mol. The Balaban J connectivity index is 1.96. The fraction of sp³-hybridized carbons (Fsp3) is 0.176. The number of aryl methyl sites for hydroxylation is 1. The molecule has 6 heteroatoms. The van der Waals surface area contributed by atoms with E-state index in [0.717, 1.165) is 5.56 Å². The van der Waals surface area contributed by atoms with Gasteiger partial charge in [0.15, 0.2) is 0 Å². The van der Waals surface area contributed by atoms with E-state index >= 15 is 0 Å². The lowest BCUT2D eigenvalue weighted by molar-refractivity contribution is -0.138. The lowest BCUT2D eigenvalue weighted by atomic mass is 9.97. The van der Waals surface area contributed by atoms with Gasteiger partial charge in [-0.1, -0.05) is 48.0 Å². The topological polar surface area (TPSA) is 71.5 Å². The van der Waals surface area contributed by atoms with Gasteiger partial charge in [-0.05, 0) is 24.6 Å². The van der Waals surface area contributed by atoms with Crippen molar-refractivity contribution in [2.75, 3.05) is 6.54 Å². The van der Waals surface area contributed by atoms with Gasteiger partial charge >= 0.3 is 5.91 Å². The second kappa shape index (κ2) is 5.62. The van der Waals surface area contributed by atoms with Gasteiger partial charge in [-0.3, -0.25) is 9.59 Å². The highest BCUT2D eigenvalue weighted by Crippen LogP contribution is 2.29. The third-order valence-corrected chi connectivity index (χ3v) is 5.68. The SMILES string of the molecule is Cc1ccc(S(=O)(=O)N2C[C@@H](c3ccccc3)C(=O)C2=O)cc1. The summed E-state index contributed by atoms with van der Waals surface area (Å²) in [7, 11) is -4.02. The second-order valence-corrected chi connectivity index (χ2v) is 7.34. The van der Waals surface area contributed by atoms with Crippen LogP contribution in [0.3, 0.4) is 0 Å². The summed E-state index contributed by atoms with van der Waals surface area (Å²) in [5, 5.41) is 0. The van der Waals surface area contributed by atoms with Crippen molar-refractivity contribution >= 4 is 21.7 Å². The predicted molar refractivity (Wildman–Crippen MR) is 84.3 cm³/mol. The van der Waals surface area contributed by atoms with Crippen molar-refractivity contribution in [2.45, 2.75) is 17.7 Å². The van der Waals surface area contributed by atoms with E-state index in [2.05, 4.69) is 0 Å². The smallest absolute Gasteiger partial charge is 0.288 e. The van der Waals surface area contributed by atoms with Crippen molar-refractivity contribution in [2.24, 2.45) is 0 Å². The lowest BCUT2D eigenvalue weighted by Gasteiger charge is -2.16. The van der Waals surface area contributed by atoms with Crippen LogP contribution in [0.1, 0.15) is 17.0 Å². The quantitative estimate of drug-likeness (QED) is 0.806. The first-order valence-corrected chi connectivity index (χ1v) is 8.58. The van der Waals surface area contributed by atoms with Crippen LogP contribution in [0.15, 0.2) is 59.5 Å². The summed E-state index contributed by atoms with van der Waals surface area (Å²) >= 11 is 0. The van der Waals surface area contributed by atoms with Gasteiger partial charge in [-0.2, -0.15) is 0 Å². The van der Waals surface area contributed by atoms with Crippen molar-refractivity contribution in [3.8, 4) is 0 Å². The molecule has 1 atom stereocenters. The van der Waals surface area contributed by atoms with Crippen LogP contribution in [-0.4, -0.2) is 31.0 Å². The molecule has 0 N–H and O–H groups in total. The minimum absolute atomic E-state index is 0.0120. The number of hydrogen-bond donors (Lipinski definition) is 0. The third kappa shape index (κ3) is 2.66. The van der Waals surface area contributed by atoms with Gasteiger partial charge in [0, 0.05) is 0 Å². The summed E-state index contributed by atoms with van der Waals surface area (Å²) < 4.78 is 25.9. The number of ketones is 1. The Morgan fingerprint density at radius 2 is 1.57 bits per heavy atom. The van der Waals surface area contributed by atoms with Crippen LogP contribution in [-0.2, 0) is 19.6 Å². The molecule has 0 bridgehead atoms. The number of carbonyl (C=O) groups is 2. The summed E-state index contributed by atoms with van der Waals surface area (Å²) in [5.74, 6) is -2.41. The van der Waals surface area contributed by atoms with Crippen LogP contribution in [0.25, 0.3) is 0 Å². The summed E-state index contributed by atoms with van der Waals surface area (Å²) in [5.41, 5.74) is 1.56. The van der Waals surface area contributed by atoms with Crippen molar-refractivity contribution in [3.05, 3.63) is 65.7 Å². The van der Waals surface area contributed by atoms with Crippen molar-refractivity contribution in [1.29, 1.82) is 0 Å². The zero-order valence-corrected chi connectivity index (χ0v) is 13.3. The van der Waals surface area contributed by atoms with Crippen molar-refractivity contribution in [1.82, 2.24) is 4.31 Å². The first-order chi connectivity index (χ1) is 10.9. The highest BCUT2D eigenvalue weighted by Gasteiger charge is 2.45. The van der Waals surface area contributed by atoms with E-state index < -0.39 is 27.6 Å². The Hall–Kier alpha value is -2.47. The van der Waals surface area contributed by atoms with E-state index in [1.807, 2.05) is 6.92 Å². The molecule has 2 aromatic carbocycles. The highest BCUT2D eigenvalue weighted by atomic mass is 32.2.